The van der Waals surface area contributed by atoms with E-state index in [2.05, 4.69) is 12.2 Å². The predicted molar refractivity (Wildman–Crippen MR) is 65.2 cm³/mol. The number of anilines is 1. The SMILES string of the molecule is CNC1CCN(c2cc(F)ccc2F)CC1C. The molecular formula is C13H18F2N2. The van der Waals surface area contributed by atoms with Crippen molar-refractivity contribution in [2.24, 2.45) is 5.92 Å². The molecule has 1 fully saturated rings. The molecule has 1 aliphatic heterocycles. The number of halogens is 2. The molecule has 17 heavy (non-hydrogen) atoms. The molecule has 2 atom stereocenters. The van der Waals surface area contributed by atoms with Crippen molar-refractivity contribution in [3.8, 4) is 0 Å². The number of piperidine rings is 1. The Bertz CT molecular complexity index is 395. The molecule has 1 aliphatic rings. The Morgan fingerprint density at radius 2 is 2.12 bits per heavy atom. The predicted octanol–water partition coefficient (Wildman–Crippen LogP) is 2.40. The highest BCUT2D eigenvalue weighted by molar-refractivity contribution is 5.48. The Kier molecular flexibility index (Phi) is 3.62. The molecule has 4 heteroatoms. The quantitative estimate of drug-likeness (QED) is 0.854. The summed E-state index contributed by atoms with van der Waals surface area (Å²) in [6, 6.07) is 4.09. The van der Waals surface area contributed by atoms with Gasteiger partial charge in [-0.2, -0.15) is 0 Å². The second-order valence-electron chi connectivity index (χ2n) is 4.70. The highest BCUT2D eigenvalue weighted by Gasteiger charge is 2.26. The van der Waals surface area contributed by atoms with E-state index in [1.54, 1.807) is 0 Å². The van der Waals surface area contributed by atoms with Gasteiger partial charge in [0.15, 0.2) is 0 Å². The van der Waals surface area contributed by atoms with Crippen LogP contribution in [0.1, 0.15) is 13.3 Å². The van der Waals surface area contributed by atoms with E-state index in [9.17, 15) is 8.78 Å². The van der Waals surface area contributed by atoms with Gasteiger partial charge in [0.2, 0.25) is 0 Å². The number of nitrogens with one attached hydrogen (secondary N) is 1. The molecule has 0 aromatic heterocycles. The Morgan fingerprint density at radius 1 is 1.35 bits per heavy atom. The van der Waals surface area contributed by atoms with Crippen molar-refractivity contribution in [3.05, 3.63) is 29.8 Å². The van der Waals surface area contributed by atoms with Gasteiger partial charge < -0.3 is 10.2 Å². The van der Waals surface area contributed by atoms with E-state index in [-0.39, 0.29) is 11.6 Å². The van der Waals surface area contributed by atoms with E-state index in [1.807, 2.05) is 11.9 Å². The van der Waals surface area contributed by atoms with Gasteiger partial charge in [0, 0.05) is 25.2 Å². The van der Waals surface area contributed by atoms with Crippen LogP contribution in [0.5, 0.6) is 0 Å². The second-order valence-corrected chi connectivity index (χ2v) is 4.70. The Hall–Kier alpha value is -1.16. The zero-order valence-electron chi connectivity index (χ0n) is 10.2. The molecule has 0 radical (unpaired) electrons. The Morgan fingerprint density at radius 3 is 2.76 bits per heavy atom. The first-order valence-corrected chi connectivity index (χ1v) is 5.99. The van der Waals surface area contributed by atoms with Gasteiger partial charge in [-0.1, -0.05) is 6.92 Å². The van der Waals surface area contributed by atoms with Crippen LogP contribution in [0.4, 0.5) is 14.5 Å². The van der Waals surface area contributed by atoms with E-state index in [0.29, 0.717) is 17.6 Å². The summed E-state index contributed by atoms with van der Waals surface area (Å²) in [6.45, 7) is 3.65. The number of nitrogens with zero attached hydrogens (tertiary/aromatic N) is 1. The summed E-state index contributed by atoms with van der Waals surface area (Å²) in [5, 5.41) is 3.26. The lowest BCUT2D eigenvalue weighted by atomic mass is 9.93. The van der Waals surface area contributed by atoms with Crippen LogP contribution in [0.2, 0.25) is 0 Å². The summed E-state index contributed by atoms with van der Waals surface area (Å²) in [7, 11) is 1.94. The van der Waals surface area contributed by atoms with Gasteiger partial charge in [-0.15, -0.1) is 0 Å². The largest absolute Gasteiger partial charge is 0.369 e. The highest BCUT2D eigenvalue weighted by Crippen LogP contribution is 2.26. The molecular weight excluding hydrogens is 222 g/mol. The summed E-state index contributed by atoms with van der Waals surface area (Å²) >= 11 is 0. The number of hydrogen-bond acceptors (Lipinski definition) is 2. The van der Waals surface area contributed by atoms with Gasteiger partial charge in [0.05, 0.1) is 5.69 Å². The fourth-order valence-electron chi connectivity index (χ4n) is 2.52. The first-order valence-electron chi connectivity index (χ1n) is 5.99. The van der Waals surface area contributed by atoms with E-state index >= 15 is 0 Å². The van der Waals surface area contributed by atoms with Gasteiger partial charge >= 0.3 is 0 Å². The molecule has 1 N–H and O–H groups in total. The van der Waals surface area contributed by atoms with Crippen molar-refractivity contribution in [2.45, 2.75) is 19.4 Å². The molecule has 0 bridgehead atoms. The molecule has 0 aliphatic carbocycles. The monoisotopic (exact) mass is 240 g/mol. The van der Waals surface area contributed by atoms with Crippen LogP contribution in [-0.4, -0.2) is 26.2 Å². The van der Waals surface area contributed by atoms with Crippen LogP contribution in [0.3, 0.4) is 0 Å². The third-order valence-corrected chi connectivity index (χ3v) is 3.52. The Labute approximate surface area is 101 Å². The summed E-state index contributed by atoms with van der Waals surface area (Å²) in [5.74, 6) is -0.303. The molecule has 2 unspecified atom stereocenters. The van der Waals surface area contributed by atoms with Crippen LogP contribution < -0.4 is 10.2 Å². The standard InChI is InChI=1S/C13H18F2N2/c1-9-8-17(6-5-12(9)16-2)13-7-10(14)3-4-11(13)15/h3-4,7,9,12,16H,5-6,8H2,1-2H3. The van der Waals surface area contributed by atoms with E-state index in [0.717, 1.165) is 25.6 Å². The second kappa shape index (κ2) is 5.00. The molecule has 1 aromatic rings. The Balaban J connectivity index is 2.16. The van der Waals surface area contributed by atoms with Gasteiger partial charge in [0.25, 0.3) is 0 Å². The van der Waals surface area contributed by atoms with Gasteiger partial charge in [-0.05, 0) is 31.5 Å². The third kappa shape index (κ3) is 2.57. The number of benzene rings is 1. The molecule has 1 aromatic carbocycles. The van der Waals surface area contributed by atoms with Crippen LogP contribution in [-0.2, 0) is 0 Å². The maximum atomic E-state index is 13.6. The summed E-state index contributed by atoms with van der Waals surface area (Å²) < 4.78 is 26.8. The van der Waals surface area contributed by atoms with Crippen LogP contribution in [0.25, 0.3) is 0 Å². The van der Waals surface area contributed by atoms with Crippen molar-refractivity contribution in [1.29, 1.82) is 0 Å². The molecule has 1 heterocycles. The topological polar surface area (TPSA) is 15.3 Å². The number of rotatable bonds is 2. The van der Waals surface area contributed by atoms with Gasteiger partial charge in [-0.25, -0.2) is 8.78 Å². The normalized spacial score (nSPS) is 25.1. The fraction of sp³-hybridized carbons (Fsp3) is 0.538. The smallest absolute Gasteiger partial charge is 0.146 e. The first kappa shape index (κ1) is 12.3. The minimum absolute atomic E-state index is 0.346. The van der Waals surface area contributed by atoms with E-state index in [4.69, 9.17) is 0 Å². The minimum Gasteiger partial charge on any atom is -0.369 e. The summed E-state index contributed by atoms with van der Waals surface area (Å²) in [4.78, 5) is 1.93. The molecule has 1 saturated heterocycles. The summed E-state index contributed by atoms with van der Waals surface area (Å²) in [6.07, 6.45) is 0.952. The van der Waals surface area contributed by atoms with Crippen molar-refractivity contribution < 1.29 is 8.78 Å². The maximum Gasteiger partial charge on any atom is 0.146 e. The molecule has 0 amide bonds. The van der Waals surface area contributed by atoms with Gasteiger partial charge in [-0.3, -0.25) is 0 Å². The van der Waals surface area contributed by atoms with Crippen molar-refractivity contribution >= 4 is 5.69 Å². The van der Waals surface area contributed by atoms with Crippen molar-refractivity contribution in [1.82, 2.24) is 5.32 Å². The maximum absolute atomic E-state index is 13.6. The molecule has 2 rings (SSSR count). The average molecular weight is 240 g/mol. The molecule has 0 saturated carbocycles. The highest BCUT2D eigenvalue weighted by atomic mass is 19.1. The first-order chi connectivity index (χ1) is 8.11. The number of hydrogen-bond donors (Lipinski definition) is 1. The lowest BCUT2D eigenvalue weighted by Crippen LogP contribution is -2.47. The van der Waals surface area contributed by atoms with Crippen molar-refractivity contribution in [2.75, 3.05) is 25.0 Å². The lowest BCUT2D eigenvalue weighted by Gasteiger charge is -2.38. The lowest BCUT2D eigenvalue weighted by molar-refractivity contribution is 0.337. The fourth-order valence-corrected chi connectivity index (χ4v) is 2.52. The van der Waals surface area contributed by atoms with Crippen LogP contribution in [0, 0.1) is 17.6 Å². The average Bonchev–Trinajstić information content (AvgIpc) is 2.32. The van der Waals surface area contributed by atoms with Crippen molar-refractivity contribution in [3.63, 3.8) is 0 Å². The third-order valence-electron chi connectivity index (χ3n) is 3.52. The van der Waals surface area contributed by atoms with Crippen LogP contribution >= 0.6 is 0 Å². The van der Waals surface area contributed by atoms with E-state index in [1.165, 1.54) is 12.1 Å². The van der Waals surface area contributed by atoms with Crippen LogP contribution in [0.15, 0.2) is 18.2 Å². The molecule has 0 spiro atoms. The summed E-state index contributed by atoms with van der Waals surface area (Å²) in [5.41, 5.74) is 0.381. The van der Waals surface area contributed by atoms with Gasteiger partial charge in [0.1, 0.15) is 11.6 Å². The zero-order chi connectivity index (χ0) is 12.4. The van der Waals surface area contributed by atoms with E-state index < -0.39 is 0 Å². The molecule has 2 nitrogen and oxygen atoms in total. The minimum atomic E-state index is -0.384. The molecule has 94 valence electrons. The zero-order valence-corrected chi connectivity index (χ0v) is 10.2.